The van der Waals surface area contributed by atoms with Crippen LogP contribution in [0.3, 0.4) is 0 Å². The van der Waals surface area contributed by atoms with Crippen LogP contribution < -0.4 is 16.8 Å². The molecule has 0 atom stereocenters. The number of aromatic nitrogens is 3. The molecule has 1 aromatic heterocycles. The van der Waals surface area contributed by atoms with Crippen LogP contribution in [0.2, 0.25) is 0 Å². The summed E-state index contributed by atoms with van der Waals surface area (Å²) in [6, 6.07) is -0.310. The molecule has 0 saturated carbocycles. The monoisotopic (exact) mass is 199 g/mol. The zero-order valence-electron chi connectivity index (χ0n) is 8.64. The molecule has 0 N–H and O–H groups in total. The minimum Gasteiger partial charge on any atom is -0.263 e. The van der Waals surface area contributed by atoms with Crippen LogP contribution in [0.25, 0.3) is 0 Å². The smallest absolute Gasteiger partial charge is 0.263 e. The Labute approximate surface area is 80.0 Å². The number of hydrogen-bond acceptors (Lipinski definition) is 3. The molecular weight excluding hydrogens is 186 g/mol. The van der Waals surface area contributed by atoms with Crippen LogP contribution in [0.5, 0.6) is 0 Å². The van der Waals surface area contributed by atoms with E-state index in [1.54, 1.807) is 13.8 Å². The number of hydrogen-bond donors (Lipinski definition) is 0. The van der Waals surface area contributed by atoms with Crippen molar-refractivity contribution in [1.82, 2.24) is 13.9 Å². The van der Waals surface area contributed by atoms with E-state index in [2.05, 4.69) is 0 Å². The lowest BCUT2D eigenvalue weighted by Gasteiger charge is -2.12. The van der Waals surface area contributed by atoms with Crippen LogP contribution in [0.15, 0.2) is 14.4 Å². The van der Waals surface area contributed by atoms with Crippen molar-refractivity contribution in [3.05, 3.63) is 31.2 Å². The lowest BCUT2D eigenvalue weighted by molar-refractivity contribution is 0.429. The highest BCUT2D eigenvalue weighted by molar-refractivity contribution is 4.81. The minimum absolute atomic E-state index is 0.310. The highest BCUT2D eigenvalue weighted by Gasteiger charge is 2.12. The summed E-state index contributed by atoms with van der Waals surface area (Å²) in [5.74, 6) is 0. The van der Waals surface area contributed by atoms with Crippen molar-refractivity contribution in [2.45, 2.75) is 19.9 Å². The number of rotatable bonds is 1. The third-order valence-corrected chi connectivity index (χ3v) is 2.14. The molecule has 6 nitrogen and oxygen atoms in total. The van der Waals surface area contributed by atoms with Crippen molar-refractivity contribution in [3.8, 4) is 0 Å². The van der Waals surface area contributed by atoms with Gasteiger partial charge in [0.15, 0.2) is 0 Å². The van der Waals surface area contributed by atoms with E-state index in [0.29, 0.717) is 0 Å². The first-order valence-corrected chi connectivity index (χ1v) is 4.26. The van der Waals surface area contributed by atoms with E-state index in [0.717, 1.165) is 13.9 Å². The van der Waals surface area contributed by atoms with Gasteiger partial charge < -0.3 is 0 Å². The Morgan fingerprint density at radius 2 is 1.43 bits per heavy atom. The molecule has 0 aliphatic rings. The summed E-state index contributed by atoms with van der Waals surface area (Å²) in [6.07, 6.45) is 0. The van der Waals surface area contributed by atoms with E-state index in [9.17, 15) is 14.4 Å². The van der Waals surface area contributed by atoms with Crippen LogP contribution in [0, 0.1) is 0 Å². The van der Waals surface area contributed by atoms with Crippen molar-refractivity contribution >= 4 is 0 Å². The van der Waals surface area contributed by atoms with Gasteiger partial charge >= 0.3 is 16.8 Å². The maximum atomic E-state index is 11.6. The molecule has 0 bridgehead atoms. The molecule has 0 aliphatic carbocycles. The molecule has 0 spiro atoms. The maximum absolute atomic E-state index is 11.6. The molecule has 1 aromatic rings. The Morgan fingerprint density at radius 1 is 0.929 bits per heavy atom. The van der Waals surface area contributed by atoms with E-state index in [4.69, 9.17) is 0 Å². The van der Waals surface area contributed by atoms with Crippen LogP contribution >= 0.6 is 0 Å². The van der Waals surface area contributed by atoms with E-state index in [-0.39, 0.29) is 6.04 Å². The van der Waals surface area contributed by atoms with Crippen molar-refractivity contribution in [2.75, 3.05) is 0 Å². The Balaban J connectivity index is 3.89. The van der Waals surface area contributed by atoms with Gasteiger partial charge in [-0.05, 0) is 13.8 Å². The zero-order chi connectivity index (χ0) is 11.0. The van der Waals surface area contributed by atoms with E-state index < -0.39 is 16.8 Å². The summed E-state index contributed by atoms with van der Waals surface area (Å²) < 4.78 is 3.07. The largest absolute Gasteiger partial charge is 0.345 e. The van der Waals surface area contributed by atoms with Crippen LogP contribution in [-0.4, -0.2) is 13.9 Å². The molecular formula is C8H13N3O3. The standard InChI is InChI=1S/C8H13N3O3/c1-5(2)11-7(13)6(12)9(3)10(4)8(11)14/h5H,1-4H3. The minimum atomic E-state index is -0.773. The lowest BCUT2D eigenvalue weighted by Crippen LogP contribution is -2.53. The quantitative estimate of drug-likeness (QED) is 0.535. The van der Waals surface area contributed by atoms with Crippen LogP contribution in [0.1, 0.15) is 19.9 Å². The average Bonchev–Trinajstić information content (AvgIpc) is 2.11. The Kier molecular flexibility index (Phi) is 2.46. The summed E-state index contributed by atoms with van der Waals surface area (Å²) in [5, 5.41) is 0. The van der Waals surface area contributed by atoms with Crippen molar-refractivity contribution in [2.24, 2.45) is 14.1 Å². The van der Waals surface area contributed by atoms with Gasteiger partial charge in [0.1, 0.15) is 0 Å². The molecule has 14 heavy (non-hydrogen) atoms. The van der Waals surface area contributed by atoms with Gasteiger partial charge in [0, 0.05) is 20.1 Å². The van der Waals surface area contributed by atoms with Crippen LogP contribution in [-0.2, 0) is 14.1 Å². The van der Waals surface area contributed by atoms with Crippen molar-refractivity contribution < 1.29 is 0 Å². The molecule has 6 heteroatoms. The first-order valence-electron chi connectivity index (χ1n) is 4.26. The van der Waals surface area contributed by atoms with Gasteiger partial charge in [-0.3, -0.25) is 14.2 Å². The SMILES string of the molecule is CC(C)n1c(=O)c(=O)n(C)n(C)c1=O. The van der Waals surface area contributed by atoms with Gasteiger partial charge in [0.05, 0.1) is 0 Å². The molecule has 1 heterocycles. The normalized spacial score (nSPS) is 10.9. The number of nitrogens with zero attached hydrogens (tertiary/aromatic N) is 3. The molecule has 0 aliphatic heterocycles. The van der Waals surface area contributed by atoms with Crippen LogP contribution in [0.4, 0.5) is 0 Å². The maximum Gasteiger partial charge on any atom is 0.345 e. The third-order valence-electron chi connectivity index (χ3n) is 2.14. The van der Waals surface area contributed by atoms with Crippen molar-refractivity contribution in [1.29, 1.82) is 0 Å². The summed E-state index contributed by atoms with van der Waals surface area (Å²) >= 11 is 0. The Hall–Kier alpha value is -1.59. The predicted octanol–water partition coefficient (Wildman–Crippen LogP) is -1.17. The van der Waals surface area contributed by atoms with Gasteiger partial charge in [-0.25, -0.2) is 14.2 Å². The molecule has 0 radical (unpaired) electrons. The van der Waals surface area contributed by atoms with Gasteiger partial charge in [0.25, 0.3) is 0 Å². The molecule has 0 unspecified atom stereocenters. The fraction of sp³-hybridized carbons (Fsp3) is 0.625. The topological polar surface area (TPSA) is 66.0 Å². The van der Waals surface area contributed by atoms with Gasteiger partial charge in [-0.1, -0.05) is 0 Å². The second-order valence-electron chi connectivity index (χ2n) is 3.40. The van der Waals surface area contributed by atoms with Crippen molar-refractivity contribution in [3.63, 3.8) is 0 Å². The molecule has 0 saturated heterocycles. The summed E-state index contributed by atoms with van der Waals surface area (Å²) in [7, 11) is 2.83. The summed E-state index contributed by atoms with van der Waals surface area (Å²) in [6.45, 7) is 3.37. The zero-order valence-corrected chi connectivity index (χ0v) is 8.64. The second kappa shape index (κ2) is 3.28. The molecule has 78 valence electrons. The fourth-order valence-electron chi connectivity index (χ4n) is 1.20. The molecule has 0 fully saturated rings. The first kappa shape index (κ1) is 10.5. The van der Waals surface area contributed by atoms with E-state index in [1.165, 1.54) is 14.1 Å². The van der Waals surface area contributed by atoms with Gasteiger partial charge in [-0.15, -0.1) is 0 Å². The lowest BCUT2D eigenvalue weighted by atomic mass is 10.4. The fourth-order valence-corrected chi connectivity index (χ4v) is 1.20. The Morgan fingerprint density at radius 3 is 1.86 bits per heavy atom. The highest BCUT2D eigenvalue weighted by atomic mass is 16.2. The molecule has 1 rings (SSSR count). The molecule has 0 aromatic carbocycles. The summed E-state index contributed by atoms with van der Waals surface area (Å²) in [4.78, 5) is 34.3. The summed E-state index contributed by atoms with van der Waals surface area (Å²) in [5.41, 5.74) is -1.95. The van der Waals surface area contributed by atoms with E-state index in [1.807, 2.05) is 0 Å². The average molecular weight is 199 g/mol. The predicted molar refractivity (Wildman–Crippen MR) is 51.6 cm³/mol. The highest BCUT2D eigenvalue weighted by Crippen LogP contribution is 1.91. The second-order valence-corrected chi connectivity index (χ2v) is 3.40. The van der Waals surface area contributed by atoms with Gasteiger partial charge in [-0.2, -0.15) is 0 Å². The first-order chi connectivity index (χ1) is 6.37. The third kappa shape index (κ3) is 1.32. The Bertz CT molecular complexity index is 518. The van der Waals surface area contributed by atoms with E-state index >= 15 is 0 Å². The molecule has 0 amide bonds. The van der Waals surface area contributed by atoms with Gasteiger partial charge in [0.2, 0.25) is 0 Å².